The molecule has 0 atom stereocenters. The van der Waals surface area contributed by atoms with Gasteiger partial charge in [0.05, 0.1) is 23.3 Å². The molecule has 100 valence electrons. The molecule has 1 aromatic rings. The number of nitrogens with zero attached hydrogens (tertiary/aromatic N) is 1. The van der Waals surface area contributed by atoms with Crippen LogP contribution in [0.3, 0.4) is 0 Å². The molecule has 0 unspecified atom stereocenters. The van der Waals surface area contributed by atoms with E-state index in [0.29, 0.717) is 16.8 Å². The molecule has 0 saturated carbocycles. The summed E-state index contributed by atoms with van der Waals surface area (Å²) in [4.78, 5) is 10.7. The molecule has 1 rings (SSSR count). The van der Waals surface area contributed by atoms with Gasteiger partial charge in [0, 0.05) is 5.56 Å². The van der Waals surface area contributed by atoms with Gasteiger partial charge in [-0.2, -0.15) is 0 Å². The van der Waals surface area contributed by atoms with Crippen LogP contribution in [0.15, 0.2) is 6.07 Å². The van der Waals surface area contributed by atoms with Crippen LogP contribution in [0.4, 0.5) is 11.4 Å². The Labute approximate surface area is 106 Å². The smallest absolute Gasteiger partial charge is 0.316 e. The summed E-state index contributed by atoms with van der Waals surface area (Å²) >= 11 is 0. The summed E-state index contributed by atoms with van der Waals surface area (Å²) in [6.45, 7) is 7.33. The van der Waals surface area contributed by atoms with Gasteiger partial charge >= 0.3 is 5.69 Å². The van der Waals surface area contributed by atoms with Crippen LogP contribution in [0, 0.1) is 17.0 Å². The SMILES string of the molecule is COc1c(C(C)(C)C)cc(NO)c(C)c1[N+](=O)[O-]. The maximum absolute atomic E-state index is 11.2. The van der Waals surface area contributed by atoms with Gasteiger partial charge in [-0.25, -0.2) is 0 Å². The Morgan fingerprint density at radius 2 is 2.00 bits per heavy atom. The molecule has 6 heteroatoms. The molecule has 0 aliphatic heterocycles. The van der Waals surface area contributed by atoms with Crippen LogP contribution in [-0.4, -0.2) is 17.2 Å². The Kier molecular flexibility index (Phi) is 3.81. The molecule has 18 heavy (non-hydrogen) atoms. The Morgan fingerprint density at radius 1 is 1.44 bits per heavy atom. The molecule has 0 bridgehead atoms. The number of benzene rings is 1. The Bertz CT molecular complexity index is 478. The number of nitrogens with one attached hydrogen (secondary N) is 1. The zero-order valence-corrected chi connectivity index (χ0v) is 11.2. The number of nitro benzene ring substituents is 1. The van der Waals surface area contributed by atoms with Crippen LogP contribution >= 0.6 is 0 Å². The van der Waals surface area contributed by atoms with E-state index in [2.05, 4.69) is 0 Å². The van der Waals surface area contributed by atoms with E-state index >= 15 is 0 Å². The largest absolute Gasteiger partial charge is 0.490 e. The molecule has 6 nitrogen and oxygen atoms in total. The van der Waals surface area contributed by atoms with E-state index in [1.165, 1.54) is 7.11 Å². The molecule has 0 aromatic heterocycles. The number of methoxy groups -OCH3 is 1. The lowest BCUT2D eigenvalue weighted by molar-refractivity contribution is -0.386. The molecule has 0 spiro atoms. The second-order valence-electron chi connectivity index (χ2n) is 5.10. The summed E-state index contributed by atoms with van der Waals surface area (Å²) in [5.41, 5.74) is 2.85. The fraction of sp³-hybridized carbons (Fsp3) is 0.500. The third-order valence-corrected chi connectivity index (χ3v) is 2.82. The first-order chi connectivity index (χ1) is 8.23. The van der Waals surface area contributed by atoms with Crippen molar-refractivity contribution in [1.29, 1.82) is 0 Å². The molecule has 0 aliphatic rings. The van der Waals surface area contributed by atoms with E-state index in [9.17, 15) is 10.1 Å². The van der Waals surface area contributed by atoms with Crippen LogP contribution < -0.4 is 10.2 Å². The Morgan fingerprint density at radius 3 is 2.33 bits per heavy atom. The van der Waals surface area contributed by atoms with E-state index in [0.717, 1.165) is 0 Å². The number of rotatable bonds is 3. The van der Waals surface area contributed by atoms with E-state index in [1.54, 1.807) is 13.0 Å². The first-order valence-electron chi connectivity index (χ1n) is 5.50. The zero-order valence-electron chi connectivity index (χ0n) is 11.2. The molecule has 0 heterocycles. The van der Waals surface area contributed by atoms with Crippen LogP contribution in [0.2, 0.25) is 0 Å². The summed E-state index contributed by atoms with van der Waals surface area (Å²) in [5.74, 6) is 0.240. The highest BCUT2D eigenvalue weighted by Gasteiger charge is 2.30. The summed E-state index contributed by atoms with van der Waals surface area (Å²) in [6.07, 6.45) is 0. The van der Waals surface area contributed by atoms with Crippen molar-refractivity contribution in [2.75, 3.05) is 12.6 Å². The van der Waals surface area contributed by atoms with Crippen molar-refractivity contribution in [3.05, 3.63) is 27.3 Å². The van der Waals surface area contributed by atoms with Gasteiger partial charge in [-0.05, 0) is 18.4 Å². The van der Waals surface area contributed by atoms with Gasteiger partial charge in [-0.1, -0.05) is 20.8 Å². The van der Waals surface area contributed by atoms with Gasteiger partial charge in [0.25, 0.3) is 0 Å². The minimum Gasteiger partial charge on any atom is -0.490 e. The summed E-state index contributed by atoms with van der Waals surface area (Å²) in [6, 6.07) is 1.67. The summed E-state index contributed by atoms with van der Waals surface area (Å²) in [5, 5.41) is 20.2. The molecule has 0 radical (unpaired) electrons. The fourth-order valence-corrected chi connectivity index (χ4v) is 1.84. The van der Waals surface area contributed by atoms with Crippen molar-refractivity contribution in [1.82, 2.24) is 0 Å². The molecular formula is C12H18N2O4. The average Bonchev–Trinajstić information content (AvgIpc) is 2.25. The van der Waals surface area contributed by atoms with E-state index in [-0.39, 0.29) is 16.9 Å². The van der Waals surface area contributed by atoms with Gasteiger partial charge in [-0.15, -0.1) is 0 Å². The van der Waals surface area contributed by atoms with Gasteiger partial charge in [0.1, 0.15) is 0 Å². The van der Waals surface area contributed by atoms with E-state index in [4.69, 9.17) is 9.94 Å². The first-order valence-corrected chi connectivity index (χ1v) is 5.50. The summed E-state index contributed by atoms with van der Waals surface area (Å²) in [7, 11) is 1.41. The zero-order chi connectivity index (χ0) is 14.1. The number of hydrogen-bond donors (Lipinski definition) is 2. The van der Waals surface area contributed by atoms with Crippen molar-refractivity contribution in [2.45, 2.75) is 33.1 Å². The predicted octanol–water partition coefficient (Wildman–Crippen LogP) is 3.01. The number of nitro groups is 1. The minimum absolute atomic E-state index is 0.124. The van der Waals surface area contributed by atoms with Gasteiger partial charge in [0.2, 0.25) is 5.75 Å². The standard InChI is InChI=1S/C12H18N2O4/c1-7-9(13-15)6-8(12(2,3)4)11(18-5)10(7)14(16)17/h6,13,15H,1-5H3. The lowest BCUT2D eigenvalue weighted by Gasteiger charge is -2.23. The molecule has 1 aromatic carbocycles. The quantitative estimate of drug-likeness (QED) is 0.639. The second kappa shape index (κ2) is 4.81. The van der Waals surface area contributed by atoms with Crippen LogP contribution in [0.25, 0.3) is 0 Å². The van der Waals surface area contributed by atoms with Crippen molar-refractivity contribution in [3.8, 4) is 5.75 Å². The fourth-order valence-electron chi connectivity index (χ4n) is 1.84. The molecule has 0 amide bonds. The lowest BCUT2D eigenvalue weighted by Crippen LogP contribution is -2.15. The van der Waals surface area contributed by atoms with Gasteiger partial charge in [-0.3, -0.25) is 20.8 Å². The van der Waals surface area contributed by atoms with Gasteiger partial charge in [0.15, 0.2) is 0 Å². The third-order valence-electron chi connectivity index (χ3n) is 2.82. The number of ether oxygens (including phenoxy) is 1. The highest BCUT2D eigenvalue weighted by atomic mass is 16.6. The normalized spacial score (nSPS) is 11.2. The van der Waals surface area contributed by atoms with Crippen molar-refractivity contribution < 1.29 is 14.9 Å². The van der Waals surface area contributed by atoms with Crippen molar-refractivity contribution >= 4 is 11.4 Å². The van der Waals surface area contributed by atoms with Crippen LogP contribution in [-0.2, 0) is 5.41 Å². The summed E-state index contributed by atoms with van der Waals surface area (Å²) < 4.78 is 5.19. The maximum Gasteiger partial charge on any atom is 0.316 e. The monoisotopic (exact) mass is 254 g/mol. The van der Waals surface area contributed by atoms with Crippen molar-refractivity contribution in [2.24, 2.45) is 0 Å². The average molecular weight is 254 g/mol. The molecule has 2 N–H and O–H groups in total. The minimum atomic E-state index is -0.496. The van der Waals surface area contributed by atoms with Crippen LogP contribution in [0.5, 0.6) is 5.75 Å². The molecule has 0 saturated heterocycles. The second-order valence-corrected chi connectivity index (χ2v) is 5.10. The highest BCUT2D eigenvalue weighted by molar-refractivity contribution is 5.69. The van der Waals surface area contributed by atoms with Crippen molar-refractivity contribution in [3.63, 3.8) is 0 Å². The Hall–Kier alpha value is -1.82. The van der Waals surface area contributed by atoms with E-state index in [1.807, 2.05) is 26.3 Å². The maximum atomic E-state index is 11.2. The predicted molar refractivity (Wildman–Crippen MR) is 68.5 cm³/mol. The van der Waals surface area contributed by atoms with E-state index < -0.39 is 4.92 Å². The topological polar surface area (TPSA) is 84.6 Å². The Balaban J connectivity index is 3.73. The molecule has 0 aliphatic carbocycles. The molecule has 0 fully saturated rings. The van der Waals surface area contributed by atoms with Gasteiger partial charge < -0.3 is 4.74 Å². The highest BCUT2D eigenvalue weighted by Crippen LogP contribution is 2.43. The first kappa shape index (κ1) is 14.2. The number of anilines is 1. The third kappa shape index (κ3) is 2.38. The number of hydrogen-bond acceptors (Lipinski definition) is 5. The lowest BCUT2D eigenvalue weighted by atomic mass is 9.84. The van der Waals surface area contributed by atoms with Crippen LogP contribution in [0.1, 0.15) is 31.9 Å². The molecular weight excluding hydrogens is 236 g/mol.